The van der Waals surface area contributed by atoms with Gasteiger partial charge in [0.1, 0.15) is 6.17 Å². The van der Waals surface area contributed by atoms with Crippen molar-refractivity contribution in [3.63, 3.8) is 0 Å². The summed E-state index contributed by atoms with van der Waals surface area (Å²) in [5, 5.41) is 0. The van der Waals surface area contributed by atoms with Crippen LogP contribution in [-0.4, -0.2) is 32.9 Å². The summed E-state index contributed by atoms with van der Waals surface area (Å²) in [5.41, 5.74) is 5.28. The van der Waals surface area contributed by atoms with Gasteiger partial charge >= 0.3 is 8.80 Å². The molecule has 0 bridgehead atoms. The van der Waals surface area contributed by atoms with Gasteiger partial charge in [-0.05, 0) is 0 Å². The molecule has 0 radical (unpaired) electrons. The van der Waals surface area contributed by atoms with Crippen LogP contribution in [0.1, 0.15) is 20.8 Å². The monoisotopic (exact) mass is 235 g/mol. The predicted octanol–water partition coefficient (Wildman–Crippen LogP) is -0.887. The first kappa shape index (κ1) is 13.6. The van der Waals surface area contributed by atoms with E-state index in [0.29, 0.717) is 0 Å². The van der Waals surface area contributed by atoms with Crippen molar-refractivity contribution in [3.05, 3.63) is 0 Å². The Morgan fingerprint density at radius 3 is 1.33 bits per heavy atom. The molecule has 0 aliphatic rings. The van der Waals surface area contributed by atoms with E-state index in [1.165, 1.54) is 0 Å². The van der Waals surface area contributed by atoms with Crippen molar-refractivity contribution in [3.8, 4) is 0 Å². The van der Waals surface area contributed by atoms with Gasteiger partial charge in [0.15, 0.2) is 0 Å². The van der Waals surface area contributed by atoms with Crippen molar-refractivity contribution in [2.45, 2.75) is 20.8 Å². The molecule has 8 heteroatoms. The van der Waals surface area contributed by atoms with Gasteiger partial charge in [0, 0.05) is 20.8 Å². The van der Waals surface area contributed by atoms with Gasteiger partial charge in [0.2, 0.25) is 0 Å². The van der Waals surface area contributed by atoms with Crippen molar-refractivity contribution in [1.82, 2.24) is 0 Å². The fraction of sp³-hybridized carbons (Fsp3) is 0.571. The number of nitrogens with two attached hydrogens (primary N) is 1. The van der Waals surface area contributed by atoms with E-state index in [1.807, 2.05) is 0 Å². The molecular formula is C7H13NO6Si. The Bertz CT molecular complexity index is 238. The third-order valence-corrected chi connectivity index (χ3v) is 3.44. The first-order valence-electron chi connectivity index (χ1n) is 4.10. The number of carbonyl (C=O) groups excluding carboxylic acids is 3. The largest absolute Gasteiger partial charge is 0.719 e. The molecule has 0 aromatic heterocycles. The Kier molecular flexibility index (Phi) is 4.95. The Morgan fingerprint density at radius 1 is 0.933 bits per heavy atom. The number of carbonyl (C=O) groups is 3. The van der Waals surface area contributed by atoms with Crippen LogP contribution in [0.15, 0.2) is 0 Å². The fourth-order valence-electron chi connectivity index (χ4n) is 0.844. The van der Waals surface area contributed by atoms with Crippen LogP contribution >= 0.6 is 0 Å². The Morgan fingerprint density at radius 2 is 1.20 bits per heavy atom. The van der Waals surface area contributed by atoms with Gasteiger partial charge in [-0.25, -0.2) is 0 Å². The second kappa shape index (κ2) is 5.46. The molecule has 0 unspecified atom stereocenters. The smallest absolute Gasteiger partial charge is 0.455 e. The highest BCUT2D eigenvalue weighted by Crippen LogP contribution is 2.09. The zero-order chi connectivity index (χ0) is 12.1. The molecule has 0 spiro atoms. The van der Waals surface area contributed by atoms with Gasteiger partial charge in [-0.1, -0.05) is 0 Å². The molecule has 86 valence electrons. The lowest BCUT2D eigenvalue weighted by Crippen LogP contribution is -2.55. The van der Waals surface area contributed by atoms with E-state index in [-0.39, 0.29) is 6.17 Å². The molecule has 15 heavy (non-hydrogen) atoms. The molecule has 0 aliphatic carbocycles. The summed E-state index contributed by atoms with van der Waals surface area (Å²) in [6.07, 6.45) is -0.342. The lowest BCUT2D eigenvalue weighted by molar-refractivity contribution is -0.147. The molecule has 0 atom stereocenters. The molecule has 0 heterocycles. The molecular weight excluding hydrogens is 222 g/mol. The van der Waals surface area contributed by atoms with E-state index >= 15 is 0 Å². The van der Waals surface area contributed by atoms with Crippen LogP contribution in [-0.2, 0) is 27.7 Å². The quantitative estimate of drug-likeness (QED) is 0.630. The van der Waals surface area contributed by atoms with Crippen LogP contribution in [0.3, 0.4) is 0 Å². The summed E-state index contributed by atoms with van der Waals surface area (Å²) < 4.78 is 14.1. The number of hydrogen-bond acceptors (Lipinski definition) is 7. The van der Waals surface area contributed by atoms with Crippen LogP contribution < -0.4 is 5.73 Å². The molecule has 7 nitrogen and oxygen atoms in total. The summed E-state index contributed by atoms with van der Waals surface area (Å²) in [6, 6.07) is 0. The van der Waals surface area contributed by atoms with Gasteiger partial charge in [0.05, 0.1) is 0 Å². The Hall–Kier alpha value is -1.41. The van der Waals surface area contributed by atoms with Gasteiger partial charge in [-0.15, -0.1) is 0 Å². The van der Waals surface area contributed by atoms with Crippen LogP contribution in [0, 0.1) is 0 Å². The van der Waals surface area contributed by atoms with Crippen LogP contribution in [0.4, 0.5) is 0 Å². The minimum atomic E-state index is -3.73. The van der Waals surface area contributed by atoms with Crippen molar-refractivity contribution in [2.24, 2.45) is 5.73 Å². The van der Waals surface area contributed by atoms with Crippen molar-refractivity contribution >= 4 is 26.7 Å². The van der Waals surface area contributed by atoms with Gasteiger partial charge < -0.3 is 19.0 Å². The number of hydrogen-bond donors (Lipinski definition) is 1. The first-order valence-corrected chi connectivity index (χ1v) is 6.03. The van der Waals surface area contributed by atoms with Gasteiger partial charge in [0.25, 0.3) is 17.9 Å². The second-order valence-corrected chi connectivity index (χ2v) is 5.05. The van der Waals surface area contributed by atoms with Crippen LogP contribution in [0.25, 0.3) is 0 Å². The molecule has 0 aromatic rings. The van der Waals surface area contributed by atoms with Crippen molar-refractivity contribution in [2.75, 3.05) is 6.17 Å². The number of rotatable bonds is 4. The van der Waals surface area contributed by atoms with E-state index < -0.39 is 26.7 Å². The summed E-state index contributed by atoms with van der Waals surface area (Å²) in [5.74, 6) is -2.18. The summed E-state index contributed by atoms with van der Waals surface area (Å²) in [6.45, 7) is 3.30. The van der Waals surface area contributed by atoms with Crippen molar-refractivity contribution < 1.29 is 27.7 Å². The Labute approximate surface area is 87.8 Å². The molecule has 0 aliphatic heterocycles. The fourth-order valence-corrected chi connectivity index (χ4v) is 2.53. The topological polar surface area (TPSA) is 105 Å². The molecule has 0 saturated heterocycles. The zero-order valence-corrected chi connectivity index (χ0v) is 9.73. The first-order chi connectivity index (χ1) is 6.81. The SMILES string of the molecule is CC(=O)O[Si](CN)(OC(C)=O)OC(C)=O. The highest BCUT2D eigenvalue weighted by Gasteiger charge is 2.50. The van der Waals surface area contributed by atoms with E-state index in [2.05, 4.69) is 0 Å². The molecule has 0 rings (SSSR count). The maximum Gasteiger partial charge on any atom is 0.719 e. The summed E-state index contributed by atoms with van der Waals surface area (Å²) >= 11 is 0. The highest BCUT2D eigenvalue weighted by molar-refractivity contribution is 6.65. The van der Waals surface area contributed by atoms with Crippen molar-refractivity contribution in [1.29, 1.82) is 0 Å². The third-order valence-electron chi connectivity index (χ3n) is 1.15. The van der Waals surface area contributed by atoms with E-state index in [0.717, 1.165) is 20.8 Å². The lowest BCUT2D eigenvalue weighted by Gasteiger charge is -2.24. The van der Waals surface area contributed by atoms with Crippen LogP contribution in [0.5, 0.6) is 0 Å². The summed E-state index contributed by atoms with van der Waals surface area (Å²) in [4.78, 5) is 32.3. The minimum Gasteiger partial charge on any atom is -0.455 e. The second-order valence-electron chi connectivity index (χ2n) is 2.67. The van der Waals surface area contributed by atoms with Gasteiger partial charge in [-0.2, -0.15) is 0 Å². The minimum absolute atomic E-state index is 0.342. The standard InChI is InChI=1S/C7H13NO6Si/c1-5(9)12-15(4-8,13-6(2)10)14-7(3)11/h4,8H2,1-3H3. The van der Waals surface area contributed by atoms with Crippen LogP contribution in [0.2, 0.25) is 0 Å². The maximum absolute atomic E-state index is 10.8. The van der Waals surface area contributed by atoms with E-state index in [1.54, 1.807) is 0 Å². The predicted molar refractivity (Wildman–Crippen MR) is 50.1 cm³/mol. The van der Waals surface area contributed by atoms with E-state index in [4.69, 9.17) is 19.0 Å². The molecule has 0 amide bonds. The molecule has 0 fully saturated rings. The summed E-state index contributed by atoms with van der Waals surface area (Å²) in [7, 11) is -3.73. The Balaban J connectivity index is 4.81. The average molecular weight is 235 g/mol. The zero-order valence-electron chi connectivity index (χ0n) is 8.73. The molecule has 0 saturated carbocycles. The molecule has 0 aromatic carbocycles. The maximum atomic E-state index is 10.8. The molecule has 2 N–H and O–H groups in total. The van der Waals surface area contributed by atoms with E-state index in [9.17, 15) is 14.4 Å². The van der Waals surface area contributed by atoms with Gasteiger partial charge in [-0.3, -0.25) is 14.4 Å². The highest BCUT2D eigenvalue weighted by atomic mass is 28.4. The normalized spacial score (nSPS) is 10.4. The average Bonchev–Trinajstić information content (AvgIpc) is 1.99. The lowest BCUT2D eigenvalue weighted by atomic mass is 10.9. The third kappa shape index (κ3) is 5.13.